The predicted octanol–water partition coefficient (Wildman–Crippen LogP) is 1.35. The second-order valence-corrected chi connectivity index (χ2v) is 2.59. The van der Waals surface area contributed by atoms with Crippen molar-refractivity contribution in [3.05, 3.63) is 33.2 Å². The average molecular weight is 158 g/mol. The molecule has 1 heterocycles. The molecular weight excluding hydrogens is 150 g/mol. The molecule has 1 rings (SSSR count). The predicted molar refractivity (Wildman–Crippen MR) is 41.4 cm³/mol. The van der Waals surface area contributed by atoms with Crippen molar-refractivity contribution in [3.8, 4) is 0 Å². The van der Waals surface area contributed by atoms with E-state index in [0.717, 1.165) is 0 Å². The summed E-state index contributed by atoms with van der Waals surface area (Å²) in [6.45, 7) is 1.76. The van der Waals surface area contributed by atoms with E-state index in [0.29, 0.717) is 10.7 Å². The van der Waals surface area contributed by atoms with Crippen LogP contribution in [0.25, 0.3) is 0 Å². The first-order chi connectivity index (χ1) is 4.63. The fraction of sp³-hybridized carbons (Fsp3) is 0.286. The molecule has 2 nitrogen and oxygen atoms in total. The smallest absolute Gasteiger partial charge is 0.254 e. The summed E-state index contributed by atoms with van der Waals surface area (Å²) in [5.74, 6) is 0. The second-order valence-electron chi connectivity index (χ2n) is 2.20. The van der Waals surface area contributed by atoms with Gasteiger partial charge in [-0.1, -0.05) is 17.7 Å². The fourth-order valence-electron chi connectivity index (χ4n) is 0.738. The quantitative estimate of drug-likeness (QED) is 0.521. The zero-order valence-corrected chi connectivity index (χ0v) is 6.64. The highest BCUT2D eigenvalue weighted by Gasteiger charge is 1.97. The van der Waals surface area contributed by atoms with E-state index in [1.165, 1.54) is 4.57 Å². The zero-order valence-electron chi connectivity index (χ0n) is 5.89. The molecule has 3 heteroatoms. The van der Waals surface area contributed by atoms with E-state index in [1.807, 2.05) is 0 Å². The summed E-state index contributed by atoms with van der Waals surface area (Å²) in [5, 5.41) is 0.468. The van der Waals surface area contributed by atoms with Crippen LogP contribution in [-0.4, -0.2) is 4.57 Å². The first-order valence-electron chi connectivity index (χ1n) is 2.95. The van der Waals surface area contributed by atoms with Gasteiger partial charge < -0.3 is 4.57 Å². The highest BCUT2D eigenvalue weighted by Crippen LogP contribution is 2.03. The molecule has 1 aromatic rings. The van der Waals surface area contributed by atoms with Gasteiger partial charge >= 0.3 is 0 Å². The number of pyridine rings is 1. The normalized spacial score (nSPS) is 9.90. The molecule has 0 N–H and O–H groups in total. The Balaban J connectivity index is 3.50. The molecular formula is C7H8ClNO. The third-order valence-electron chi connectivity index (χ3n) is 1.43. The summed E-state index contributed by atoms with van der Waals surface area (Å²) in [7, 11) is 1.65. The van der Waals surface area contributed by atoms with Crippen LogP contribution in [0.2, 0.25) is 5.15 Å². The van der Waals surface area contributed by atoms with E-state index in [2.05, 4.69) is 0 Å². The molecule has 0 fully saturated rings. The van der Waals surface area contributed by atoms with E-state index in [-0.39, 0.29) is 5.56 Å². The maximum Gasteiger partial charge on any atom is 0.254 e. The van der Waals surface area contributed by atoms with Crippen LogP contribution < -0.4 is 5.56 Å². The molecule has 54 valence electrons. The Bertz CT molecular complexity index is 303. The molecule has 0 spiro atoms. The van der Waals surface area contributed by atoms with Crippen LogP contribution in [0.5, 0.6) is 0 Å². The van der Waals surface area contributed by atoms with Gasteiger partial charge in [-0.25, -0.2) is 0 Å². The maximum atomic E-state index is 11.1. The molecule has 10 heavy (non-hydrogen) atoms. The highest BCUT2D eigenvalue weighted by molar-refractivity contribution is 6.29. The standard InChI is InChI=1S/C7H8ClNO/c1-5-3-4-6(8)9(2)7(5)10/h3-4H,1-2H3. The third kappa shape index (κ3) is 1.07. The topological polar surface area (TPSA) is 22.0 Å². The lowest BCUT2D eigenvalue weighted by Gasteiger charge is -1.99. The van der Waals surface area contributed by atoms with Crippen LogP contribution >= 0.6 is 11.6 Å². The molecule has 0 aliphatic heterocycles. The van der Waals surface area contributed by atoms with Crippen molar-refractivity contribution in [1.82, 2.24) is 4.57 Å². The molecule has 0 aliphatic rings. The van der Waals surface area contributed by atoms with Crippen molar-refractivity contribution in [3.63, 3.8) is 0 Å². The number of hydrogen-bond acceptors (Lipinski definition) is 1. The van der Waals surface area contributed by atoms with Crippen molar-refractivity contribution < 1.29 is 0 Å². The summed E-state index contributed by atoms with van der Waals surface area (Å²) < 4.78 is 1.41. The molecule has 0 aliphatic carbocycles. The average Bonchev–Trinajstić information content (AvgIpc) is 1.93. The lowest BCUT2D eigenvalue weighted by Crippen LogP contribution is -2.18. The van der Waals surface area contributed by atoms with Gasteiger partial charge in [0, 0.05) is 12.6 Å². The highest BCUT2D eigenvalue weighted by atomic mass is 35.5. The van der Waals surface area contributed by atoms with Crippen LogP contribution in [0.3, 0.4) is 0 Å². The van der Waals surface area contributed by atoms with E-state index in [4.69, 9.17) is 11.6 Å². The van der Waals surface area contributed by atoms with Crippen LogP contribution in [0.1, 0.15) is 5.56 Å². The van der Waals surface area contributed by atoms with Crippen LogP contribution in [0, 0.1) is 6.92 Å². The summed E-state index contributed by atoms with van der Waals surface area (Å²) in [4.78, 5) is 11.1. The Morgan fingerprint density at radius 3 is 2.60 bits per heavy atom. The minimum atomic E-state index is -0.0347. The van der Waals surface area contributed by atoms with E-state index in [9.17, 15) is 4.79 Å². The summed E-state index contributed by atoms with van der Waals surface area (Å²) in [6.07, 6.45) is 0. The minimum Gasteiger partial charge on any atom is -0.302 e. The van der Waals surface area contributed by atoms with Crippen molar-refractivity contribution in [2.75, 3.05) is 0 Å². The SMILES string of the molecule is Cc1ccc(Cl)n(C)c1=O. The van der Waals surface area contributed by atoms with Gasteiger partial charge in [-0.3, -0.25) is 4.79 Å². The van der Waals surface area contributed by atoms with Gasteiger partial charge in [-0.2, -0.15) is 0 Å². The minimum absolute atomic E-state index is 0.0347. The van der Waals surface area contributed by atoms with E-state index < -0.39 is 0 Å². The van der Waals surface area contributed by atoms with Gasteiger partial charge in [-0.05, 0) is 13.0 Å². The van der Waals surface area contributed by atoms with Crippen LogP contribution in [-0.2, 0) is 7.05 Å². The third-order valence-corrected chi connectivity index (χ3v) is 1.81. The number of nitrogens with zero attached hydrogens (tertiary/aromatic N) is 1. The number of halogens is 1. The Morgan fingerprint density at radius 2 is 2.10 bits per heavy atom. The molecule has 0 aromatic carbocycles. The van der Waals surface area contributed by atoms with Crippen LogP contribution in [0.15, 0.2) is 16.9 Å². The number of aromatic nitrogens is 1. The van der Waals surface area contributed by atoms with Crippen molar-refractivity contribution in [2.45, 2.75) is 6.92 Å². The molecule has 0 atom stereocenters. The maximum absolute atomic E-state index is 11.1. The van der Waals surface area contributed by atoms with E-state index >= 15 is 0 Å². The lowest BCUT2D eigenvalue weighted by molar-refractivity contribution is 0.850. The van der Waals surface area contributed by atoms with Crippen molar-refractivity contribution in [2.24, 2.45) is 7.05 Å². The molecule has 0 bridgehead atoms. The van der Waals surface area contributed by atoms with Gasteiger partial charge in [-0.15, -0.1) is 0 Å². The van der Waals surface area contributed by atoms with Gasteiger partial charge in [0.1, 0.15) is 5.15 Å². The van der Waals surface area contributed by atoms with Crippen molar-refractivity contribution >= 4 is 11.6 Å². The Kier molecular flexibility index (Phi) is 1.81. The molecule has 0 unspecified atom stereocenters. The largest absolute Gasteiger partial charge is 0.302 e. The van der Waals surface area contributed by atoms with Gasteiger partial charge in [0.15, 0.2) is 0 Å². The van der Waals surface area contributed by atoms with Crippen molar-refractivity contribution in [1.29, 1.82) is 0 Å². The first-order valence-corrected chi connectivity index (χ1v) is 3.33. The fourth-order valence-corrected chi connectivity index (χ4v) is 0.878. The Hall–Kier alpha value is -0.760. The molecule has 0 saturated carbocycles. The van der Waals surface area contributed by atoms with Crippen LogP contribution in [0.4, 0.5) is 0 Å². The Morgan fingerprint density at radius 1 is 1.50 bits per heavy atom. The second kappa shape index (κ2) is 2.46. The monoisotopic (exact) mass is 157 g/mol. The number of rotatable bonds is 0. The summed E-state index contributed by atoms with van der Waals surface area (Å²) >= 11 is 5.65. The Labute approximate surface area is 64.1 Å². The molecule has 0 saturated heterocycles. The van der Waals surface area contributed by atoms with Gasteiger partial charge in [0.05, 0.1) is 0 Å². The molecule has 0 radical (unpaired) electrons. The zero-order chi connectivity index (χ0) is 7.72. The summed E-state index contributed by atoms with van der Waals surface area (Å²) in [5.41, 5.74) is 0.680. The van der Waals surface area contributed by atoms with Gasteiger partial charge in [0.25, 0.3) is 5.56 Å². The molecule has 1 aromatic heterocycles. The lowest BCUT2D eigenvalue weighted by atomic mass is 10.3. The number of hydrogen-bond donors (Lipinski definition) is 0. The van der Waals surface area contributed by atoms with Gasteiger partial charge in [0.2, 0.25) is 0 Å². The first kappa shape index (κ1) is 7.35. The number of aryl methyl sites for hydroxylation is 1. The summed E-state index contributed by atoms with van der Waals surface area (Å²) in [6, 6.07) is 3.42. The van der Waals surface area contributed by atoms with E-state index in [1.54, 1.807) is 26.1 Å². The molecule has 0 amide bonds.